The number of aromatic nitrogens is 1. The van der Waals surface area contributed by atoms with E-state index in [2.05, 4.69) is 15.6 Å². The number of ether oxygens (including phenoxy) is 2. The maximum atomic E-state index is 11.3. The number of anilines is 2. The van der Waals surface area contributed by atoms with Gasteiger partial charge in [-0.25, -0.2) is 4.98 Å². The van der Waals surface area contributed by atoms with E-state index in [0.29, 0.717) is 23.9 Å². The van der Waals surface area contributed by atoms with Crippen LogP contribution in [0.25, 0.3) is 0 Å². The topological polar surface area (TPSA) is 72.5 Å². The van der Waals surface area contributed by atoms with Crippen molar-refractivity contribution in [2.75, 3.05) is 24.4 Å². The van der Waals surface area contributed by atoms with Crippen molar-refractivity contribution in [1.29, 1.82) is 0 Å². The Hall–Kier alpha value is -2.76. The van der Waals surface area contributed by atoms with Gasteiger partial charge in [-0.2, -0.15) is 0 Å². The third-order valence-electron chi connectivity index (χ3n) is 3.12. The van der Waals surface area contributed by atoms with Crippen LogP contribution in [0.5, 0.6) is 11.6 Å². The summed E-state index contributed by atoms with van der Waals surface area (Å²) in [6.45, 7) is 0.655. The van der Waals surface area contributed by atoms with Crippen LogP contribution in [0.3, 0.4) is 0 Å². The number of hydrogen-bond acceptors (Lipinski definition) is 5. The zero-order chi connectivity index (χ0) is 14.7. The maximum Gasteiger partial charge on any atom is 0.262 e. The van der Waals surface area contributed by atoms with Crippen molar-refractivity contribution in [3.05, 3.63) is 42.1 Å². The van der Waals surface area contributed by atoms with Crippen LogP contribution < -0.4 is 20.1 Å². The summed E-state index contributed by atoms with van der Waals surface area (Å²) in [5.74, 6) is 1.10. The van der Waals surface area contributed by atoms with Crippen LogP contribution in [-0.2, 0) is 11.3 Å². The first kappa shape index (κ1) is 13.2. The monoisotopic (exact) mass is 285 g/mol. The van der Waals surface area contributed by atoms with Crippen molar-refractivity contribution in [2.24, 2.45) is 0 Å². The summed E-state index contributed by atoms with van der Waals surface area (Å²) in [6, 6.07) is 9.43. The Labute approximate surface area is 122 Å². The number of hydrogen-bond donors (Lipinski definition) is 2. The molecule has 0 bridgehead atoms. The van der Waals surface area contributed by atoms with Gasteiger partial charge in [0.25, 0.3) is 5.91 Å². The van der Waals surface area contributed by atoms with E-state index in [4.69, 9.17) is 9.47 Å². The highest BCUT2D eigenvalue weighted by atomic mass is 16.5. The highest BCUT2D eigenvalue weighted by Gasteiger charge is 2.15. The lowest BCUT2D eigenvalue weighted by Gasteiger charge is -2.18. The van der Waals surface area contributed by atoms with Gasteiger partial charge in [0.15, 0.2) is 6.61 Å². The Bertz CT molecular complexity index is 673. The Kier molecular flexibility index (Phi) is 3.59. The Morgan fingerprint density at radius 2 is 2.33 bits per heavy atom. The number of amides is 1. The summed E-state index contributed by atoms with van der Waals surface area (Å²) in [5, 5.41) is 6.05. The normalized spacial score (nSPS) is 12.9. The van der Waals surface area contributed by atoms with Crippen LogP contribution in [0.4, 0.5) is 11.4 Å². The first-order valence-electron chi connectivity index (χ1n) is 6.55. The molecule has 3 rings (SSSR count). The van der Waals surface area contributed by atoms with Crippen molar-refractivity contribution in [3.8, 4) is 11.6 Å². The molecule has 0 saturated carbocycles. The number of fused-ring (bicyclic) bond motifs is 1. The quantitative estimate of drug-likeness (QED) is 0.899. The lowest BCUT2D eigenvalue weighted by atomic mass is 10.1. The van der Waals surface area contributed by atoms with Crippen LogP contribution in [0.2, 0.25) is 0 Å². The van der Waals surface area contributed by atoms with E-state index in [-0.39, 0.29) is 12.5 Å². The average molecular weight is 285 g/mol. The van der Waals surface area contributed by atoms with Crippen molar-refractivity contribution in [2.45, 2.75) is 6.54 Å². The van der Waals surface area contributed by atoms with Gasteiger partial charge >= 0.3 is 0 Å². The number of pyridine rings is 1. The Balaban J connectivity index is 1.74. The largest absolute Gasteiger partial charge is 0.482 e. The molecule has 6 nitrogen and oxygen atoms in total. The molecule has 0 saturated heterocycles. The number of rotatable bonds is 4. The number of nitrogens with zero attached hydrogens (tertiary/aromatic N) is 1. The van der Waals surface area contributed by atoms with Gasteiger partial charge in [0.05, 0.1) is 18.5 Å². The van der Waals surface area contributed by atoms with Crippen molar-refractivity contribution in [3.63, 3.8) is 0 Å². The second-order valence-corrected chi connectivity index (χ2v) is 4.58. The molecule has 0 radical (unpaired) electrons. The third-order valence-corrected chi connectivity index (χ3v) is 3.12. The van der Waals surface area contributed by atoms with Gasteiger partial charge in [0, 0.05) is 12.7 Å². The predicted molar refractivity (Wildman–Crippen MR) is 78.7 cm³/mol. The average Bonchev–Trinajstić information content (AvgIpc) is 2.52. The predicted octanol–water partition coefficient (Wildman–Crippen LogP) is 2.03. The fourth-order valence-electron chi connectivity index (χ4n) is 2.13. The number of methoxy groups -OCH3 is 1. The van der Waals surface area contributed by atoms with Crippen molar-refractivity contribution in [1.82, 2.24) is 4.98 Å². The zero-order valence-corrected chi connectivity index (χ0v) is 11.6. The van der Waals surface area contributed by atoms with Gasteiger partial charge in [-0.3, -0.25) is 4.79 Å². The molecule has 2 heterocycles. The standard InChI is InChI=1S/C15H15N3O3/c1-20-15-11(3-2-6-16-15)17-8-10-4-5-13-12(7-10)18-14(19)9-21-13/h2-7,17H,8-9H2,1H3,(H,18,19). The smallest absolute Gasteiger partial charge is 0.262 e. The van der Waals surface area contributed by atoms with Gasteiger partial charge in [0.2, 0.25) is 5.88 Å². The minimum Gasteiger partial charge on any atom is -0.482 e. The van der Waals surface area contributed by atoms with Gasteiger partial charge in [-0.05, 0) is 29.8 Å². The molecule has 1 aromatic heterocycles. The Morgan fingerprint density at radius 3 is 3.19 bits per heavy atom. The summed E-state index contributed by atoms with van der Waals surface area (Å²) in [4.78, 5) is 15.5. The Morgan fingerprint density at radius 1 is 1.43 bits per heavy atom. The van der Waals surface area contributed by atoms with E-state index < -0.39 is 0 Å². The fourth-order valence-corrected chi connectivity index (χ4v) is 2.13. The summed E-state index contributed by atoms with van der Waals surface area (Å²) in [7, 11) is 1.58. The first-order chi connectivity index (χ1) is 10.3. The van der Waals surface area contributed by atoms with Gasteiger partial charge in [-0.1, -0.05) is 6.07 Å². The van der Waals surface area contributed by atoms with Crippen LogP contribution in [0, 0.1) is 0 Å². The molecule has 2 aromatic rings. The number of carbonyl (C=O) groups excluding carboxylic acids is 1. The number of benzene rings is 1. The molecule has 1 aromatic carbocycles. The van der Waals surface area contributed by atoms with Crippen molar-refractivity contribution >= 4 is 17.3 Å². The van der Waals surface area contributed by atoms with Crippen LogP contribution in [0.1, 0.15) is 5.56 Å². The summed E-state index contributed by atoms with van der Waals surface area (Å²) in [5.41, 5.74) is 2.53. The first-order valence-corrected chi connectivity index (χ1v) is 6.55. The second-order valence-electron chi connectivity index (χ2n) is 4.58. The molecule has 21 heavy (non-hydrogen) atoms. The van der Waals surface area contributed by atoms with E-state index in [9.17, 15) is 4.79 Å². The van der Waals surface area contributed by atoms with Crippen molar-refractivity contribution < 1.29 is 14.3 Å². The summed E-state index contributed by atoms with van der Waals surface area (Å²) in [6.07, 6.45) is 1.68. The minimum absolute atomic E-state index is 0.0669. The van der Waals surface area contributed by atoms with Gasteiger partial charge < -0.3 is 20.1 Å². The van der Waals surface area contributed by atoms with Crippen LogP contribution in [0.15, 0.2) is 36.5 Å². The molecule has 0 unspecified atom stereocenters. The molecule has 0 spiro atoms. The fraction of sp³-hybridized carbons (Fsp3) is 0.200. The highest BCUT2D eigenvalue weighted by molar-refractivity contribution is 5.95. The molecule has 0 atom stereocenters. The molecule has 2 N–H and O–H groups in total. The summed E-state index contributed by atoms with van der Waals surface area (Å²) < 4.78 is 10.5. The molecule has 6 heteroatoms. The minimum atomic E-state index is -0.137. The highest BCUT2D eigenvalue weighted by Crippen LogP contribution is 2.29. The molecule has 108 valence electrons. The molecule has 0 fully saturated rings. The SMILES string of the molecule is COc1ncccc1NCc1ccc2c(c1)NC(=O)CO2. The molecule has 1 aliphatic heterocycles. The third kappa shape index (κ3) is 2.89. The van der Waals surface area contributed by atoms with E-state index in [1.54, 1.807) is 13.3 Å². The second kappa shape index (κ2) is 5.70. The van der Waals surface area contributed by atoms with E-state index in [0.717, 1.165) is 11.3 Å². The number of nitrogens with one attached hydrogen (secondary N) is 2. The lowest BCUT2D eigenvalue weighted by molar-refractivity contribution is -0.118. The molecule has 0 aliphatic carbocycles. The van der Waals surface area contributed by atoms with E-state index in [1.807, 2.05) is 30.3 Å². The lowest BCUT2D eigenvalue weighted by Crippen LogP contribution is -2.25. The van der Waals surface area contributed by atoms with Gasteiger partial charge in [-0.15, -0.1) is 0 Å². The van der Waals surface area contributed by atoms with Gasteiger partial charge in [0.1, 0.15) is 5.75 Å². The van der Waals surface area contributed by atoms with Crippen LogP contribution in [-0.4, -0.2) is 24.6 Å². The molecular weight excluding hydrogens is 270 g/mol. The van der Waals surface area contributed by atoms with E-state index >= 15 is 0 Å². The number of carbonyl (C=O) groups is 1. The van der Waals surface area contributed by atoms with E-state index in [1.165, 1.54) is 0 Å². The molecule has 1 amide bonds. The zero-order valence-electron chi connectivity index (χ0n) is 11.6. The summed E-state index contributed by atoms with van der Waals surface area (Å²) >= 11 is 0. The molecular formula is C15H15N3O3. The molecule has 1 aliphatic rings. The van der Waals surface area contributed by atoms with Crippen LogP contribution >= 0.6 is 0 Å². The maximum absolute atomic E-state index is 11.3.